The standard InChI is InChI=1S/C19H20N2O7/c1-5-27-19(24)15-10(2)16(20-11(15)3)17(22)12(4)28-18(23)13-8-6-7-9-14(13)21(25)26/h6-9,12,20H,5H2,1-4H3. The third-order valence-electron chi connectivity index (χ3n) is 4.14. The minimum atomic E-state index is -1.22. The summed E-state index contributed by atoms with van der Waals surface area (Å²) in [5.41, 5.74) is 0.541. The SMILES string of the molecule is CCOC(=O)c1c(C)[nH]c(C(=O)C(C)OC(=O)c2ccccc2[N+](=O)[O-])c1C. The largest absolute Gasteiger partial charge is 0.462 e. The van der Waals surface area contributed by atoms with Crippen molar-refractivity contribution in [2.75, 3.05) is 6.61 Å². The van der Waals surface area contributed by atoms with Crippen LogP contribution in [-0.4, -0.2) is 40.3 Å². The number of Topliss-reactive ketones (excluding diaryl/α,β-unsaturated/α-hetero) is 1. The number of aromatic nitrogens is 1. The van der Waals surface area contributed by atoms with Gasteiger partial charge in [0.2, 0.25) is 5.78 Å². The molecule has 0 aliphatic heterocycles. The number of H-pyrrole nitrogens is 1. The first kappa shape index (κ1) is 20.8. The summed E-state index contributed by atoms with van der Waals surface area (Å²) in [6.07, 6.45) is -1.22. The summed E-state index contributed by atoms with van der Waals surface area (Å²) < 4.78 is 10.1. The Morgan fingerprint density at radius 3 is 2.43 bits per heavy atom. The van der Waals surface area contributed by atoms with E-state index in [-0.39, 0.29) is 23.4 Å². The second kappa shape index (κ2) is 8.47. The number of aryl methyl sites for hydroxylation is 1. The number of benzene rings is 1. The molecular weight excluding hydrogens is 368 g/mol. The number of carbonyl (C=O) groups is 3. The fourth-order valence-corrected chi connectivity index (χ4v) is 2.79. The minimum Gasteiger partial charge on any atom is -0.462 e. The summed E-state index contributed by atoms with van der Waals surface area (Å²) in [6.45, 7) is 6.43. The molecule has 1 aromatic carbocycles. The highest BCUT2D eigenvalue weighted by molar-refractivity contribution is 6.05. The summed E-state index contributed by atoms with van der Waals surface area (Å²) >= 11 is 0. The first-order valence-electron chi connectivity index (χ1n) is 8.53. The molecule has 9 nitrogen and oxygen atoms in total. The highest BCUT2D eigenvalue weighted by atomic mass is 16.6. The Kier molecular flexibility index (Phi) is 6.29. The van der Waals surface area contributed by atoms with Crippen molar-refractivity contribution in [2.45, 2.75) is 33.8 Å². The lowest BCUT2D eigenvalue weighted by Gasteiger charge is -2.12. The van der Waals surface area contributed by atoms with Gasteiger partial charge in [0.25, 0.3) is 5.69 Å². The van der Waals surface area contributed by atoms with Gasteiger partial charge in [-0.25, -0.2) is 9.59 Å². The number of hydrogen-bond donors (Lipinski definition) is 1. The zero-order valence-corrected chi connectivity index (χ0v) is 15.9. The number of nitrogens with one attached hydrogen (secondary N) is 1. The van der Waals surface area contributed by atoms with E-state index >= 15 is 0 Å². The van der Waals surface area contributed by atoms with E-state index < -0.39 is 34.4 Å². The van der Waals surface area contributed by atoms with Gasteiger partial charge >= 0.3 is 11.9 Å². The van der Waals surface area contributed by atoms with Crippen LogP contribution >= 0.6 is 0 Å². The Labute approximate surface area is 160 Å². The highest BCUT2D eigenvalue weighted by Crippen LogP contribution is 2.23. The van der Waals surface area contributed by atoms with Gasteiger partial charge < -0.3 is 14.5 Å². The number of ketones is 1. The van der Waals surface area contributed by atoms with Gasteiger partial charge in [-0.15, -0.1) is 0 Å². The minimum absolute atomic E-state index is 0.114. The molecule has 0 radical (unpaired) electrons. The van der Waals surface area contributed by atoms with Crippen molar-refractivity contribution in [3.63, 3.8) is 0 Å². The third-order valence-corrected chi connectivity index (χ3v) is 4.14. The van der Waals surface area contributed by atoms with Crippen LogP contribution in [0.3, 0.4) is 0 Å². The molecule has 0 aliphatic rings. The van der Waals surface area contributed by atoms with E-state index in [1.165, 1.54) is 31.2 Å². The Balaban J connectivity index is 2.24. The van der Waals surface area contributed by atoms with Gasteiger partial charge in [-0.2, -0.15) is 0 Å². The number of para-hydroxylation sites is 1. The van der Waals surface area contributed by atoms with E-state index in [1.807, 2.05) is 0 Å². The molecule has 2 rings (SSSR count). The number of aromatic amines is 1. The summed E-state index contributed by atoms with van der Waals surface area (Å²) in [5, 5.41) is 11.1. The van der Waals surface area contributed by atoms with Crippen molar-refractivity contribution in [1.29, 1.82) is 0 Å². The number of nitrogens with zero attached hydrogens (tertiary/aromatic N) is 1. The summed E-state index contributed by atoms with van der Waals surface area (Å²) in [7, 11) is 0. The van der Waals surface area contributed by atoms with Crippen molar-refractivity contribution in [2.24, 2.45) is 0 Å². The lowest BCUT2D eigenvalue weighted by Crippen LogP contribution is -2.25. The third kappa shape index (κ3) is 4.08. The molecule has 28 heavy (non-hydrogen) atoms. The maximum Gasteiger partial charge on any atom is 0.345 e. The van der Waals surface area contributed by atoms with Gasteiger partial charge in [-0.3, -0.25) is 14.9 Å². The molecular formula is C19H20N2O7. The monoisotopic (exact) mass is 388 g/mol. The first-order chi connectivity index (χ1) is 13.2. The Morgan fingerprint density at radius 1 is 1.18 bits per heavy atom. The van der Waals surface area contributed by atoms with Gasteiger partial charge in [0.1, 0.15) is 5.56 Å². The van der Waals surface area contributed by atoms with Crippen molar-refractivity contribution in [1.82, 2.24) is 4.98 Å². The van der Waals surface area contributed by atoms with Gasteiger partial charge in [-0.1, -0.05) is 12.1 Å². The smallest absolute Gasteiger partial charge is 0.345 e. The molecule has 1 atom stereocenters. The molecule has 2 aromatic rings. The number of rotatable bonds is 7. The number of ether oxygens (including phenoxy) is 2. The molecule has 0 aliphatic carbocycles. The summed E-state index contributed by atoms with van der Waals surface area (Å²) in [6, 6.07) is 5.30. The number of nitro benzene ring substituents is 1. The van der Waals surface area contributed by atoms with Crippen LogP contribution in [0, 0.1) is 24.0 Å². The first-order valence-corrected chi connectivity index (χ1v) is 8.53. The molecule has 0 amide bonds. The molecule has 0 saturated heterocycles. The van der Waals surface area contributed by atoms with Gasteiger partial charge in [0, 0.05) is 11.8 Å². The van der Waals surface area contributed by atoms with Crippen molar-refractivity contribution in [3.05, 3.63) is 62.5 Å². The van der Waals surface area contributed by atoms with Gasteiger partial charge in [-0.05, 0) is 39.3 Å². The lowest BCUT2D eigenvalue weighted by atomic mass is 10.1. The molecule has 0 fully saturated rings. The van der Waals surface area contributed by atoms with Gasteiger partial charge in [0.05, 0.1) is 22.8 Å². The molecule has 0 spiro atoms. The second-order valence-corrected chi connectivity index (χ2v) is 6.03. The fraction of sp³-hybridized carbons (Fsp3) is 0.316. The predicted molar refractivity (Wildman–Crippen MR) is 98.5 cm³/mol. The molecule has 1 unspecified atom stereocenters. The zero-order chi connectivity index (χ0) is 21.0. The maximum absolute atomic E-state index is 12.7. The normalized spacial score (nSPS) is 11.6. The molecule has 1 heterocycles. The number of nitro groups is 1. The average molecular weight is 388 g/mol. The maximum atomic E-state index is 12.7. The molecule has 1 aromatic heterocycles. The number of hydrogen-bond acceptors (Lipinski definition) is 7. The van der Waals surface area contributed by atoms with E-state index in [4.69, 9.17) is 9.47 Å². The number of carbonyl (C=O) groups excluding carboxylic acids is 3. The van der Waals surface area contributed by atoms with E-state index in [0.29, 0.717) is 11.3 Å². The highest BCUT2D eigenvalue weighted by Gasteiger charge is 2.29. The summed E-state index contributed by atoms with van der Waals surface area (Å²) in [5.74, 6) is -2.11. The zero-order valence-electron chi connectivity index (χ0n) is 15.9. The Bertz CT molecular complexity index is 946. The van der Waals surface area contributed by atoms with Crippen LogP contribution in [0.25, 0.3) is 0 Å². The van der Waals surface area contributed by atoms with Crippen LogP contribution in [0.1, 0.15) is 56.3 Å². The van der Waals surface area contributed by atoms with E-state index in [2.05, 4.69) is 4.98 Å². The lowest BCUT2D eigenvalue weighted by molar-refractivity contribution is -0.385. The van der Waals surface area contributed by atoms with Crippen LogP contribution in [-0.2, 0) is 9.47 Å². The topological polar surface area (TPSA) is 129 Å². The van der Waals surface area contributed by atoms with Crippen LogP contribution < -0.4 is 0 Å². The molecule has 9 heteroatoms. The fourth-order valence-electron chi connectivity index (χ4n) is 2.79. The molecule has 0 bridgehead atoms. The van der Waals surface area contributed by atoms with Crippen LogP contribution in [0.2, 0.25) is 0 Å². The molecule has 1 N–H and O–H groups in total. The van der Waals surface area contributed by atoms with E-state index in [0.717, 1.165) is 0 Å². The Hall–Kier alpha value is -3.49. The predicted octanol–water partition coefficient (Wildman–Crippen LogP) is 3.14. The van der Waals surface area contributed by atoms with Gasteiger partial charge in [0.15, 0.2) is 6.10 Å². The van der Waals surface area contributed by atoms with Crippen molar-refractivity contribution >= 4 is 23.4 Å². The second-order valence-electron chi connectivity index (χ2n) is 6.03. The van der Waals surface area contributed by atoms with Crippen LogP contribution in [0.5, 0.6) is 0 Å². The average Bonchev–Trinajstić information content (AvgIpc) is 2.95. The Morgan fingerprint density at radius 2 is 1.82 bits per heavy atom. The van der Waals surface area contributed by atoms with Crippen LogP contribution in [0.15, 0.2) is 24.3 Å². The number of esters is 2. The quantitative estimate of drug-likeness (QED) is 0.334. The van der Waals surface area contributed by atoms with Crippen molar-refractivity contribution < 1.29 is 28.8 Å². The molecule has 148 valence electrons. The van der Waals surface area contributed by atoms with E-state index in [1.54, 1.807) is 20.8 Å². The van der Waals surface area contributed by atoms with E-state index in [9.17, 15) is 24.5 Å². The van der Waals surface area contributed by atoms with Crippen LogP contribution in [0.4, 0.5) is 5.69 Å². The van der Waals surface area contributed by atoms with Crippen molar-refractivity contribution in [3.8, 4) is 0 Å². The summed E-state index contributed by atoms with van der Waals surface area (Å²) in [4.78, 5) is 50.2. The molecule has 0 saturated carbocycles.